The van der Waals surface area contributed by atoms with Crippen LogP contribution in [0.1, 0.15) is 33.3 Å². The Morgan fingerprint density at radius 1 is 1.25 bits per heavy atom. The summed E-state index contributed by atoms with van der Waals surface area (Å²) in [6, 6.07) is 5.23. The number of amides is 1. The molecular weight excluding hydrogens is 367 g/mol. The van der Waals surface area contributed by atoms with Gasteiger partial charge in [0.1, 0.15) is 5.82 Å². The number of ether oxygens (including phenoxy) is 1. The van der Waals surface area contributed by atoms with Crippen LogP contribution in [0.5, 0.6) is 0 Å². The number of ketones is 1. The number of fused-ring (bicyclic) bond motifs is 1. The Hall–Kier alpha value is -3.62. The van der Waals surface area contributed by atoms with Gasteiger partial charge in [-0.3, -0.25) is 14.3 Å². The molecule has 0 spiro atoms. The van der Waals surface area contributed by atoms with E-state index in [1.807, 2.05) is 0 Å². The smallest absolute Gasteiger partial charge is 0.340 e. The maximum Gasteiger partial charge on any atom is 0.340 e. The molecule has 1 amide bonds. The number of pyridine rings is 1. The maximum absolute atomic E-state index is 14.1. The van der Waals surface area contributed by atoms with Crippen molar-refractivity contribution in [2.45, 2.75) is 13.8 Å². The molecule has 0 aliphatic heterocycles. The average molecular weight is 384 g/mol. The van der Waals surface area contributed by atoms with Gasteiger partial charge in [0, 0.05) is 31.2 Å². The van der Waals surface area contributed by atoms with E-state index < -0.39 is 24.2 Å². The van der Waals surface area contributed by atoms with Gasteiger partial charge in [0.05, 0.1) is 16.8 Å². The summed E-state index contributed by atoms with van der Waals surface area (Å²) >= 11 is 0. The number of hydrogen-bond acceptors (Lipinski definition) is 6. The Kier molecular flexibility index (Phi) is 5.16. The fraction of sp³-hybridized carbons (Fsp3) is 0.211. The molecule has 8 nitrogen and oxygen atoms in total. The van der Waals surface area contributed by atoms with Crippen molar-refractivity contribution in [1.82, 2.24) is 14.8 Å². The maximum atomic E-state index is 14.1. The highest BCUT2D eigenvalue weighted by Crippen LogP contribution is 2.18. The van der Waals surface area contributed by atoms with Crippen LogP contribution < -0.4 is 5.32 Å². The zero-order valence-electron chi connectivity index (χ0n) is 15.4. The van der Waals surface area contributed by atoms with E-state index in [0.717, 1.165) is 6.07 Å². The summed E-state index contributed by atoms with van der Waals surface area (Å²) in [6.45, 7) is 2.45. The molecule has 0 radical (unpaired) electrons. The Balaban J connectivity index is 1.70. The van der Waals surface area contributed by atoms with E-state index in [4.69, 9.17) is 4.74 Å². The quantitative estimate of drug-likeness (QED) is 0.535. The van der Waals surface area contributed by atoms with E-state index in [1.54, 1.807) is 24.7 Å². The third-order valence-corrected chi connectivity index (χ3v) is 4.02. The molecule has 3 aromatic rings. The Morgan fingerprint density at radius 2 is 2.00 bits per heavy atom. The number of rotatable bonds is 5. The molecule has 0 aliphatic carbocycles. The van der Waals surface area contributed by atoms with Gasteiger partial charge in [0.2, 0.25) is 11.7 Å². The minimum absolute atomic E-state index is 0.165. The Morgan fingerprint density at radius 3 is 2.68 bits per heavy atom. The summed E-state index contributed by atoms with van der Waals surface area (Å²) < 4.78 is 20.7. The van der Waals surface area contributed by atoms with Crippen LogP contribution in [0.2, 0.25) is 0 Å². The van der Waals surface area contributed by atoms with Gasteiger partial charge in [0.15, 0.2) is 12.3 Å². The zero-order chi connectivity index (χ0) is 20.4. The molecule has 0 unspecified atom stereocenters. The fourth-order valence-electron chi connectivity index (χ4n) is 2.73. The highest BCUT2D eigenvalue weighted by atomic mass is 19.1. The second kappa shape index (κ2) is 7.55. The average Bonchev–Trinajstić information content (AvgIpc) is 2.92. The van der Waals surface area contributed by atoms with Gasteiger partial charge in [-0.15, -0.1) is 0 Å². The first-order chi connectivity index (χ1) is 13.3. The van der Waals surface area contributed by atoms with Crippen molar-refractivity contribution in [2.24, 2.45) is 7.05 Å². The number of nitrogens with zero attached hydrogens (tertiary/aromatic N) is 3. The number of nitrogens with one attached hydrogen (secondary N) is 1. The molecule has 2 heterocycles. The summed E-state index contributed by atoms with van der Waals surface area (Å²) in [5, 5.41) is 7.33. The molecule has 0 aliphatic rings. The largest absolute Gasteiger partial charge is 0.454 e. The van der Waals surface area contributed by atoms with Crippen molar-refractivity contribution in [3.05, 3.63) is 53.1 Å². The number of hydrogen-bond donors (Lipinski definition) is 1. The zero-order valence-corrected chi connectivity index (χ0v) is 15.4. The number of esters is 1. The summed E-state index contributed by atoms with van der Waals surface area (Å²) in [5.41, 5.74) is 1.48. The van der Waals surface area contributed by atoms with Gasteiger partial charge in [-0.05, 0) is 31.2 Å². The summed E-state index contributed by atoms with van der Waals surface area (Å²) in [7, 11) is 1.74. The van der Waals surface area contributed by atoms with Crippen LogP contribution in [0.15, 0.2) is 30.5 Å². The molecule has 0 fully saturated rings. The second-order valence-electron chi connectivity index (χ2n) is 6.18. The van der Waals surface area contributed by atoms with Crippen LogP contribution in [0, 0.1) is 12.7 Å². The number of benzene rings is 1. The first-order valence-corrected chi connectivity index (χ1v) is 8.33. The number of aromatic nitrogens is 3. The molecule has 1 N–H and O–H groups in total. The number of carbonyl (C=O) groups is 3. The van der Waals surface area contributed by atoms with E-state index in [9.17, 15) is 18.8 Å². The normalized spacial score (nSPS) is 10.7. The Bertz CT molecular complexity index is 1110. The lowest BCUT2D eigenvalue weighted by molar-refractivity contribution is -0.114. The lowest BCUT2D eigenvalue weighted by atomic mass is 10.1. The van der Waals surface area contributed by atoms with E-state index >= 15 is 0 Å². The highest BCUT2D eigenvalue weighted by molar-refractivity contribution is 6.00. The highest BCUT2D eigenvalue weighted by Gasteiger charge is 2.17. The van der Waals surface area contributed by atoms with Crippen molar-refractivity contribution in [2.75, 3.05) is 11.9 Å². The third kappa shape index (κ3) is 3.88. The standard InChI is InChI=1S/C19H17FN4O4/c1-10-15-6-12(8-21-18(15)24(3)23-10)19(27)28-9-17(26)14-5-4-13(7-16(14)20)22-11(2)25/h4-8H,9H2,1-3H3,(H,22,25). The van der Waals surface area contributed by atoms with Crippen molar-refractivity contribution in [1.29, 1.82) is 0 Å². The van der Waals surface area contributed by atoms with Crippen molar-refractivity contribution in [3.8, 4) is 0 Å². The predicted octanol–water partition coefficient (Wildman–Crippen LogP) is 2.41. The van der Waals surface area contributed by atoms with Crippen LogP contribution in [0.4, 0.5) is 10.1 Å². The minimum atomic E-state index is -0.818. The Labute approximate surface area is 159 Å². The van der Waals surface area contributed by atoms with E-state index in [2.05, 4.69) is 15.4 Å². The number of carbonyl (C=O) groups excluding carboxylic acids is 3. The molecule has 144 valence electrons. The molecule has 1 aromatic carbocycles. The van der Waals surface area contributed by atoms with Crippen LogP contribution >= 0.6 is 0 Å². The number of halogens is 1. The van der Waals surface area contributed by atoms with Crippen LogP contribution in [-0.2, 0) is 16.6 Å². The molecule has 3 rings (SSSR count). The monoisotopic (exact) mass is 384 g/mol. The molecule has 9 heteroatoms. The van der Waals surface area contributed by atoms with Crippen LogP contribution in [-0.4, -0.2) is 39.0 Å². The molecule has 0 atom stereocenters. The van der Waals surface area contributed by atoms with Gasteiger partial charge < -0.3 is 10.1 Å². The molecule has 0 saturated heterocycles. The molecule has 0 bridgehead atoms. The van der Waals surface area contributed by atoms with Gasteiger partial charge in [-0.1, -0.05) is 0 Å². The molecule has 0 saturated carbocycles. The predicted molar refractivity (Wildman–Crippen MR) is 98.6 cm³/mol. The number of Topliss-reactive ketones (excluding diaryl/α,β-unsaturated/α-hetero) is 1. The third-order valence-electron chi connectivity index (χ3n) is 4.02. The lowest BCUT2D eigenvalue weighted by Gasteiger charge is -2.07. The summed E-state index contributed by atoms with van der Waals surface area (Å²) in [4.78, 5) is 39.6. The minimum Gasteiger partial charge on any atom is -0.454 e. The molecule has 2 aromatic heterocycles. The summed E-state index contributed by atoms with van der Waals surface area (Å²) in [5.74, 6) is -2.63. The van der Waals surface area contributed by atoms with E-state index in [1.165, 1.54) is 25.3 Å². The van der Waals surface area contributed by atoms with Crippen molar-refractivity contribution >= 4 is 34.4 Å². The first kappa shape index (κ1) is 19.2. The lowest BCUT2D eigenvalue weighted by Crippen LogP contribution is -2.16. The van der Waals surface area contributed by atoms with Crippen molar-refractivity contribution in [3.63, 3.8) is 0 Å². The van der Waals surface area contributed by atoms with E-state index in [-0.39, 0.29) is 22.7 Å². The molecule has 28 heavy (non-hydrogen) atoms. The SMILES string of the molecule is CC(=O)Nc1ccc(C(=O)COC(=O)c2cnc3c(c2)c(C)nn3C)c(F)c1. The number of aryl methyl sites for hydroxylation is 2. The van der Waals surface area contributed by atoms with Crippen LogP contribution in [0.25, 0.3) is 11.0 Å². The van der Waals surface area contributed by atoms with E-state index in [0.29, 0.717) is 16.7 Å². The van der Waals surface area contributed by atoms with Gasteiger partial charge in [0.25, 0.3) is 0 Å². The van der Waals surface area contributed by atoms with Gasteiger partial charge in [-0.2, -0.15) is 5.10 Å². The summed E-state index contributed by atoms with van der Waals surface area (Å²) in [6.07, 6.45) is 1.33. The van der Waals surface area contributed by atoms with Gasteiger partial charge >= 0.3 is 5.97 Å². The van der Waals surface area contributed by atoms with Crippen molar-refractivity contribution < 1.29 is 23.5 Å². The molecular formula is C19H17FN4O4. The fourth-order valence-corrected chi connectivity index (χ4v) is 2.73. The number of anilines is 1. The van der Waals surface area contributed by atoms with Crippen LogP contribution in [0.3, 0.4) is 0 Å². The first-order valence-electron chi connectivity index (χ1n) is 8.33. The topological polar surface area (TPSA) is 103 Å². The van der Waals surface area contributed by atoms with Gasteiger partial charge in [-0.25, -0.2) is 14.2 Å². The second-order valence-corrected chi connectivity index (χ2v) is 6.18.